The van der Waals surface area contributed by atoms with Crippen molar-refractivity contribution in [3.63, 3.8) is 0 Å². The minimum absolute atomic E-state index is 0.0628. The molecule has 0 bridgehead atoms. The average Bonchev–Trinajstić information content (AvgIpc) is 2.38. The molecule has 0 aromatic carbocycles. The second-order valence-electron chi connectivity index (χ2n) is 5.66. The van der Waals surface area contributed by atoms with Gasteiger partial charge in [-0.15, -0.1) is 0 Å². The number of hydrogen-bond donors (Lipinski definition) is 1. The first-order valence-electron chi connectivity index (χ1n) is 7.27. The summed E-state index contributed by atoms with van der Waals surface area (Å²) in [6.07, 6.45) is 3.20. The maximum atomic E-state index is 12.1. The third-order valence-corrected chi connectivity index (χ3v) is 5.66. The SMILES string of the molecule is CCC[C@@H](C)NC(=O)C1CCN(S(=O)(=O)N(C)C)CC1. The van der Waals surface area contributed by atoms with E-state index in [1.54, 1.807) is 0 Å². The molecule has 6 nitrogen and oxygen atoms in total. The molecule has 1 amide bonds. The maximum Gasteiger partial charge on any atom is 0.281 e. The zero-order valence-corrected chi connectivity index (χ0v) is 13.7. The van der Waals surface area contributed by atoms with Crippen LogP contribution in [-0.4, -0.2) is 56.2 Å². The summed E-state index contributed by atoms with van der Waals surface area (Å²) >= 11 is 0. The van der Waals surface area contributed by atoms with Crippen molar-refractivity contribution in [2.75, 3.05) is 27.2 Å². The van der Waals surface area contributed by atoms with Crippen molar-refractivity contribution in [2.24, 2.45) is 5.92 Å². The predicted octanol–water partition coefficient (Wildman–Crippen LogP) is 0.810. The molecule has 1 saturated heterocycles. The monoisotopic (exact) mass is 305 g/mol. The number of piperidine rings is 1. The molecule has 0 aromatic rings. The molecule has 1 rings (SSSR count). The molecule has 0 spiro atoms. The Morgan fingerprint density at radius 1 is 1.35 bits per heavy atom. The van der Waals surface area contributed by atoms with E-state index in [9.17, 15) is 13.2 Å². The number of carbonyl (C=O) groups excluding carboxylic acids is 1. The van der Waals surface area contributed by atoms with Gasteiger partial charge in [0.25, 0.3) is 10.2 Å². The van der Waals surface area contributed by atoms with Gasteiger partial charge in [0.05, 0.1) is 0 Å². The van der Waals surface area contributed by atoms with Crippen LogP contribution in [0.1, 0.15) is 39.5 Å². The van der Waals surface area contributed by atoms with Crippen molar-refractivity contribution in [2.45, 2.75) is 45.6 Å². The summed E-state index contributed by atoms with van der Waals surface area (Å²) in [6, 6.07) is 0.191. The van der Waals surface area contributed by atoms with E-state index in [1.807, 2.05) is 6.92 Å². The number of nitrogens with zero attached hydrogens (tertiary/aromatic N) is 2. The van der Waals surface area contributed by atoms with Crippen LogP contribution in [0, 0.1) is 5.92 Å². The summed E-state index contributed by atoms with van der Waals surface area (Å²) < 4.78 is 26.6. The summed E-state index contributed by atoms with van der Waals surface area (Å²) in [5, 5.41) is 3.01. The van der Waals surface area contributed by atoms with Crippen LogP contribution in [0.5, 0.6) is 0 Å². The van der Waals surface area contributed by atoms with Crippen molar-refractivity contribution in [1.82, 2.24) is 13.9 Å². The van der Waals surface area contributed by atoms with Gasteiger partial charge in [-0.05, 0) is 26.2 Å². The van der Waals surface area contributed by atoms with Crippen molar-refractivity contribution in [3.8, 4) is 0 Å². The molecule has 0 unspecified atom stereocenters. The Balaban J connectivity index is 2.48. The first-order valence-corrected chi connectivity index (χ1v) is 8.66. The predicted molar refractivity (Wildman–Crippen MR) is 79.4 cm³/mol. The van der Waals surface area contributed by atoms with E-state index < -0.39 is 10.2 Å². The number of hydrogen-bond acceptors (Lipinski definition) is 3. The van der Waals surface area contributed by atoms with Gasteiger partial charge in [0, 0.05) is 39.1 Å². The lowest BCUT2D eigenvalue weighted by molar-refractivity contribution is -0.126. The maximum absolute atomic E-state index is 12.1. The lowest BCUT2D eigenvalue weighted by Crippen LogP contribution is -2.47. The van der Waals surface area contributed by atoms with Crippen LogP contribution in [0.15, 0.2) is 0 Å². The third kappa shape index (κ3) is 4.43. The Labute approximate surface area is 122 Å². The fourth-order valence-electron chi connectivity index (χ4n) is 2.45. The largest absolute Gasteiger partial charge is 0.353 e. The third-order valence-electron chi connectivity index (χ3n) is 3.72. The summed E-state index contributed by atoms with van der Waals surface area (Å²) in [4.78, 5) is 12.1. The molecule has 0 radical (unpaired) electrons. The van der Waals surface area contributed by atoms with E-state index in [0.29, 0.717) is 25.9 Å². The molecular weight excluding hydrogens is 278 g/mol. The zero-order valence-electron chi connectivity index (χ0n) is 12.9. The van der Waals surface area contributed by atoms with E-state index >= 15 is 0 Å². The van der Waals surface area contributed by atoms with E-state index in [1.165, 1.54) is 22.7 Å². The highest BCUT2D eigenvalue weighted by atomic mass is 32.2. The van der Waals surface area contributed by atoms with Crippen LogP contribution >= 0.6 is 0 Å². The van der Waals surface area contributed by atoms with Gasteiger partial charge in [0.2, 0.25) is 5.91 Å². The van der Waals surface area contributed by atoms with Crippen LogP contribution in [0.25, 0.3) is 0 Å². The van der Waals surface area contributed by atoms with Gasteiger partial charge in [0.1, 0.15) is 0 Å². The molecule has 1 aliphatic heterocycles. The Bertz CT molecular complexity index is 415. The highest BCUT2D eigenvalue weighted by Gasteiger charge is 2.32. The molecular formula is C13H27N3O3S. The van der Waals surface area contributed by atoms with Crippen LogP contribution in [0.4, 0.5) is 0 Å². The van der Waals surface area contributed by atoms with Gasteiger partial charge in [-0.1, -0.05) is 13.3 Å². The fraction of sp³-hybridized carbons (Fsp3) is 0.923. The minimum Gasteiger partial charge on any atom is -0.353 e. The van der Waals surface area contributed by atoms with Gasteiger partial charge in [-0.25, -0.2) is 0 Å². The lowest BCUT2D eigenvalue weighted by Gasteiger charge is -2.32. The number of carbonyl (C=O) groups is 1. The summed E-state index contributed by atoms with van der Waals surface area (Å²) in [7, 11) is -0.289. The Kier molecular flexibility index (Phi) is 6.42. The van der Waals surface area contributed by atoms with Crippen LogP contribution in [0.3, 0.4) is 0 Å². The van der Waals surface area contributed by atoms with Crippen LogP contribution in [0.2, 0.25) is 0 Å². The highest BCUT2D eigenvalue weighted by Crippen LogP contribution is 2.20. The average molecular weight is 305 g/mol. The molecule has 0 aliphatic carbocycles. The number of amides is 1. The van der Waals surface area contributed by atoms with Crippen LogP contribution in [-0.2, 0) is 15.0 Å². The van der Waals surface area contributed by atoms with Gasteiger partial charge >= 0.3 is 0 Å². The van der Waals surface area contributed by atoms with Gasteiger partial charge in [-0.2, -0.15) is 17.0 Å². The quantitative estimate of drug-likeness (QED) is 0.789. The molecule has 118 valence electrons. The first-order chi connectivity index (χ1) is 9.28. The van der Waals surface area contributed by atoms with E-state index in [4.69, 9.17) is 0 Å². The summed E-state index contributed by atoms with van der Waals surface area (Å²) in [6.45, 7) is 4.93. The highest BCUT2D eigenvalue weighted by molar-refractivity contribution is 7.86. The Hall–Kier alpha value is -0.660. The molecule has 0 saturated carbocycles. The summed E-state index contributed by atoms with van der Waals surface area (Å²) in [5.41, 5.74) is 0. The van der Waals surface area contributed by atoms with E-state index in [2.05, 4.69) is 12.2 Å². The smallest absolute Gasteiger partial charge is 0.281 e. The van der Waals surface area contributed by atoms with Crippen molar-refractivity contribution < 1.29 is 13.2 Å². The van der Waals surface area contributed by atoms with Crippen molar-refractivity contribution >= 4 is 16.1 Å². The van der Waals surface area contributed by atoms with Gasteiger partial charge in [0.15, 0.2) is 0 Å². The number of rotatable bonds is 6. The van der Waals surface area contributed by atoms with E-state index in [0.717, 1.165) is 12.8 Å². The lowest BCUT2D eigenvalue weighted by atomic mass is 9.96. The van der Waals surface area contributed by atoms with Gasteiger partial charge < -0.3 is 5.32 Å². The second kappa shape index (κ2) is 7.38. The fourth-order valence-corrected chi connectivity index (χ4v) is 3.58. The molecule has 1 fully saturated rings. The Morgan fingerprint density at radius 2 is 1.90 bits per heavy atom. The topological polar surface area (TPSA) is 69.7 Å². The molecule has 1 atom stereocenters. The molecule has 1 heterocycles. The summed E-state index contributed by atoms with van der Waals surface area (Å²) in [5.74, 6) is -0.00392. The van der Waals surface area contributed by atoms with Crippen LogP contribution < -0.4 is 5.32 Å². The zero-order chi connectivity index (χ0) is 15.3. The van der Waals surface area contributed by atoms with Crippen molar-refractivity contribution in [3.05, 3.63) is 0 Å². The molecule has 7 heteroatoms. The van der Waals surface area contributed by atoms with Crippen molar-refractivity contribution in [1.29, 1.82) is 0 Å². The standard InChI is InChI=1S/C13H27N3O3S/c1-5-6-11(2)14-13(17)12-7-9-16(10-8-12)20(18,19)15(3)4/h11-12H,5-10H2,1-4H3,(H,14,17)/t11-/m1/s1. The molecule has 0 aromatic heterocycles. The first kappa shape index (κ1) is 17.4. The molecule has 1 aliphatic rings. The minimum atomic E-state index is -3.35. The Morgan fingerprint density at radius 3 is 2.35 bits per heavy atom. The second-order valence-corrected chi connectivity index (χ2v) is 7.80. The normalized spacial score (nSPS) is 20.1. The number of nitrogens with one attached hydrogen (secondary N) is 1. The van der Waals surface area contributed by atoms with E-state index in [-0.39, 0.29) is 17.9 Å². The molecule has 20 heavy (non-hydrogen) atoms. The molecule has 1 N–H and O–H groups in total. The van der Waals surface area contributed by atoms with Gasteiger partial charge in [-0.3, -0.25) is 4.79 Å².